The summed E-state index contributed by atoms with van der Waals surface area (Å²) in [5.74, 6) is 1.10. The molecule has 1 aliphatic rings. The standard InChI is InChI=1S/C11H12BrN5S/c12-8-6-13-7-14-10(8)18-11-16-15-9-4-2-1-3-5-17(9)11/h6-7H,1-5H2. The molecule has 0 atom stereocenters. The quantitative estimate of drug-likeness (QED) is 0.794. The molecule has 2 aromatic heterocycles. The molecule has 0 N–H and O–H groups in total. The second-order valence-electron chi connectivity index (χ2n) is 4.14. The molecule has 0 saturated carbocycles. The number of hydrogen-bond donors (Lipinski definition) is 0. The second kappa shape index (κ2) is 5.36. The van der Waals surface area contributed by atoms with Crippen LogP contribution in [-0.4, -0.2) is 24.7 Å². The summed E-state index contributed by atoms with van der Waals surface area (Å²) >= 11 is 4.99. The van der Waals surface area contributed by atoms with Crippen LogP contribution in [0, 0.1) is 0 Å². The number of halogens is 1. The van der Waals surface area contributed by atoms with E-state index in [0.717, 1.165) is 33.4 Å². The number of fused-ring (bicyclic) bond motifs is 1. The van der Waals surface area contributed by atoms with Crippen molar-refractivity contribution in [3.05, 3.63) is 22.8 Å². The van der Waals surface area contributed by atoms with E-state index in [9.17, 15) is 0 Å². The first-order valence-electron chi connectivity index (χ1n) is 5.90. The van der Waals surface area contributed by atoms with Gasteiger partial charge in [-0.05, 0) is 40.5 Å². The van der Waals surface area contributed by atoms with Crippen molar-refractivity contribution in [2.45, 2.75) is 42.4 Å². The monoisotopic (exact) mass is 325 g/mol. The lowest BCUT2D eigenvalue weighted by Gasteiger charge is -2.06. The molecule has 0 unspecified atom stereocenters. The predicted molar refractivity (Wildman–Crippen MR) is 71.4 cm³/mol. The Kier molecular flexibility index (Phi) is 3.60. The molecule has 0 radical (unpaired) electrons. The molecule has 94 valence electrons. The molecular formula is C11H12BrN5S. The van der Waals surface area contributed by atoms with Crippen molar-refractivity contribution < 1.29 is 0 Å². The van der Waals surface area contributed by atoms with Gasteiger partial charge in [-0.3, -0.25) is 0 Å². The Hall–Kier alpha value is -0.950. The Morgan fingerprint density at radius 2 is 2.17 bits per heavy atom. The number of rotatable bonds is 2. The van der Waals surface area contributed by atoms with Crippen LogP contribution in [-0.2, 0) is 13.0 Å². The fourth-order valence-corrected chi connectivity index (χ4v) is 3.27. The summed E-state index contributed by atoms with van der Waals surface area (Å²) < 4.78 is 3.10. The third kappa shape index (κ3) is 2.42. The Morgan fingerprint density at radius 1 is 1.22 bits per heavy atom. The average molecular weight is 326 g/mol. The summed E-state index contributed by atoms with van der Waals surface area (Å²) in [6.07, 6.45) is 7.99. The van der Waals surface area contributed by atoms with E-state index >= 15 is 0 Å². The molecular weight excluding hydrogens is 314 g/mol. The van der Waals surface area contributed by atoms with Crippen LogP contribution in [0.3, 0.4) is 0 Å². The first-order chi connectivity index (χ1) is 8.84. The van der Waals surface area contributed by atoms with Crippen LogP contribution in [0.1, 0.15) is 25.1 Å². The molecule has 0 saturated heterocycles. The molecule has 0 aliphatic carbocycles. The lowest BCUT2D eigenvalue weighted by molar-refractivity contribution is 0.590. The Balaban J connectivity index is 1.89. The van der Waals surface area contributed by atoms with Crippen molar-refractivity contribution >= 4 is 27.7 Å². The van der Waals surface area contributed by atoms with Crippen molar-refractivity contribution in [3.63, 3.8) is 0 Å². The van der Waals surface area contributed by atoms with Gasteiger partial charge in [-0.2, -0.15) is 0 Å². The van der Waals surface area contributed by atoms with E-state index in [4.69, 9.17) is 0 Å². The summed E-state index contributed by atoms with van der Waals surface area (Å²) in [6.45, 7) is 1.01. The maximum Gasteiger partial charge on any atom is 0.197 e. The van der Waals surface area contributed by atoms with E-state index in [-0.39, 0.29) is 0 Å². The van der Waals surface area contributed by atoms with Gasteiger partial charge >= 0.3 is 0 Å². The molecule has 0 spiro atoms. The summed E-state index contributed by atoms with van der Waals surface area (Å²) in [5.41, 5.74) is 0. The molecule has 0 aromatic carbocycles. The highest BCUT2D eigenvalue weighted by atomic mass is 79.9. The summed E-state index contributed by atoms with van der Waals surface area (Å²) in [6, 6.07) is 0. The number of aryl methyl sites for hydroxylation is 1. The topological polar surface area (TPSA) is 56.5 Å². The molecule has 0 amide bonds. The summed E-state index contributed by atoms with van der Waals surface area (Å²) in [4.78, 5) is 8.21. The third-order valence-corrected chi connectivity index (χ3v) is 4.74. The van der Waals surface area contributed by atoms with Gasteiger partial charge in [0.25, 0.3) is 0 Å². The molecule has 3 heterocycles. The molecule has 3 rings (SSSR count). The van der Waals surface area contributed by atoms with Crippen LogP contribution in [0.4, 0.5) is 0 Å². The van der Waals surface area contributed by atoms with E-state index in [2.05, 4.69) is 40.7 Å². The van der Waals surface area contributed by atoms with Gasteiger partial charge in [0.1, 0.15) is 17.2 Å². The zero-order valence-corrected chi connectivity index (χ0v) is 12.1. The van der Waals surface area contributed by atoms with Crippen LogP contribution in [0.2, 0.25) is 0 Å². The van der Waals surface area contributed by atoms with E-state index in [0.29, 0.717) is 0 Å². The predicted octanol–water partition coefficient (Wildman–Crippen LogP) is 2.71. The molecule has 0 bridgehead atoms. The fraction of sp³-hybridized carbons (Fsp3) is 0.455. The number of hydrogen-bond acceptors (Lipinski definition) is 5. The largest absolute Gasteiger partial charge is 0.306 e. The Morgan fingerprint density at radius 3 is 3.06 bits per heavy atom. The number of aromatic nitrogens is 5. The minimum absolute atomic E-state index is 0.879. The molecule has 5 nitrogen and oxygen atoms in total. The van der Waals surface area contributed by atoms with Gasteiger partial charge < -0.3 is 4.57 Å². The first-order valence-corrected chi connectivity index (χ1v) is 7.51. The van der Waals surface area contributed by atoms with Gasteiger partial charge in [0, 0.05) is 19.2 Å². The zero-order valence-electron chi connectivity index (χ0n) is 9.71. The van der Waals surface area contributed by atoms with Crippen LogP contribution in [0.5, 0.6) is 0 Å². The summed E-state index contributed by atoms with van der Waals surface area (Å²) in [5, 5.41) is 10.3. The van der Waals surface area contributed by atoms with Crippen molar-refractivity contribution in [3.8, 4) is 0 Å². The van der Waals surface area contributed by atoms with Crippen LogP contribution in [0.15, 0.2) is 27.2 Å². The Bertz CT molecular complexity index is 556. The highest BCUT2D eigenvalue weighted by molar-refractivity contribution is 9.10. The van der Waals surface area contributed by atoms with Crippen molar-refractivity contribution in [2.75, 3.05) is 0 Å². The van der Waals surface area contributed by atoms with Crippen molar-refractivity contribution in [1.29, 1.82) is 0 Å². The van der Waals surface area contributed by atoms with E-state index in [1.54, 1.807) is 12.5 Å². The lowest BCUT2D eigenvalue weighted by atomic mass is 10.2. The van der Waals surface area contributed by atoms with Gasteiger partial charge in [0.15, 0.2) is 5.16 Å². The molecule has 18 heavy (non-hydrogen) atoms. The fourth-order valence-electron chi connectivity index (χ4n) is 2.00. The van der Waals surface area contributed by atoms with Crippen LogP contribution in [0.25, 0.3) is 0 Å². The Labute approximate surface area is 118 Å². The summed E-state index contributed by atoms with van der Waals surface area (Å²) in [7, 11) is 0. The zero-order chi connectivity index (χ0) is 12.4. The highest BCUT2D eigenvalue weighted by Gasteiger charge is 2.16. The van der Waals surface area contributed by atoms with Crippen LogP contribution >= 0.6 is 27.7 Å². The SMILES string of the molecule is Brc1cncnc1Sc1nnc2n1CCCCC2. The van der Waals surface area contributed by atoms with Crippen molar-refractivity contribution in [2.24, 2.45) is 0 Å². The smallest absolute Gasteiger partial charge is 0.197 e. The molecule has 0 fully saturated rings. The maximum absolute atomic E-state index is 4.28. The lowest BCUT2D eigenvalue weighted by Crippen LogP contribution is -2.02. The third-order valence-electron chi connectivity index (χ3n) is 2.90. The molecule has 7 heteroatoms. The molecule has 1 aliphatic heterocycles. The normalized spacial score (nSPS) is 15.2. The highest BCUT2D eigenvalue weighted by Crippen LogP contribution is 2.31. The van der Waals surface area contributed by atoms with Gasteiger partial charge in [-0.1, -0.05) is 6.42 Å². The van der Waals surface area contributed by atoms with Gasteiger partial charge in [0.05, 0.1) is 4.47 Å². The van der Waals surface area contributed by atoms with Gasteiger partial charge in [-0.25, -0.2) is 9.97 Å². The van der Waals surface area contributed by atoms with E-state index in [1.807, 2.05) is 0 Å². The first kappa shape index (κ1) is 12.1. The number of nitrogens with zero attached hydrogens (tertiary/aromatic N) is 5. The second-order valence-corrected chi connectivity index (χ2v) is 5.95. The van der Waals surface area contributed by atoms with Crippen LogP contribution < -0.4 is 0 Å². The minimum atomic E-state index is 0.879. The maximum atomic E-state index is 4.28. The van der Waals surface area contributed by atoms with Gasteiger partial charge in [0.2, 0.25) is 0 Å². The minimum Gasteiger partial charge on any atom is -0.306 e. The van der Waals surface area contributed by atoms with Gasteiger partial charge in [-0.15, -0.1) is 10.2 Å². The molecule has 2 aromatic rings. The van der Waals surface area contributed by atoms with Crippen molar-refractivity contribution in [1.82, 2.24) is 24.7 Å². The van der Waals surface area contributed by atoms with E-state index in [1.165, 1.54) is 31.0 Å². The average Bonchev–Trinajstić information content (AvgIpc) is 2.62. The van der Waals surface area contributed by atoms with E-state index < -0.39 is 0 Å².